The van der Waals surface area contributed by atoms with Crippen LogP contribution in [0.4, 0.5) is 11.4 Å². The molecule has 18 rings (SSSR count). The molecule has 0 atom stereocenters. The molecule has 422 valence electrons. The van der Waals surface area contributed by atoms with Crippen molar-refractivity contribution in [1.29, 1.82) is 0 Å². The van der Waals surface area contributed by atoms with Gasteiger partial charge < -0.3 is 9.13 Å². The van der Waals surface area contributed by atoms with E-state index in [0.29, 0.717) is 17.5 Å². The number of benzene rings is 13. The zero-order valence-corrected chi connectivity index (χ0v) is 49.2. The number of hydrogen-bond donors (Lipinski definition) is 0. The van der Waals surface area contributed by atoms with E-state index >= 15 is 0 Å². The van der Waals surface area contributed by atoms with E-state index in [2.05, 4.69) is 288 Å². The van der Waals surface area contributed by atoms with E-state index in [-0.39, 0.29) is 6.71 Å². The lowest BCUT2D eigenvalue weighted by Gasteiger charge is -2.38. The number of aromatic nitrogens is 5. The second-order valence-corrected chi connectivity index (χ2v) is 23.5. The number of para-hydroxylation sites is 2. The van der Waals surface area contributed by atoms with E-state index in [1.165, 1.54) is 16.4 Å². The van der Waals surface area contributed by atoms with Crippen LogP contribution in [0.1, 0.15) is 0 Å². The Kier molecular flexibility index (Phi) is 12.2. The summed E-state index contributed by atoms with van der Waals surface area (Å²) in [6, 6.07) is 113. The van der Waals surface area contributed by atoms with Crippen LogP contribution in [-0.4, -0.2) is 30.8 Å². The van der Waals surface area contributed by atoms with Crippen molar-refractivity contribution in [1.82, 2.24) is 24.1 Å². The van der Waals surface area contributed by atoms with E-state index in [1.54, 1.807) is 0 Å². The molecule has 2 aliphatic heterocycles. The standard InChI is InChI=1S/C83H52BN7/c1-9-25-53(26-10-1)59-41-43-72-66(45-59)77(85-64-37-21-7-22-38-64)68-47-61(55-29-13-3-14-30-55)49-70-79(68)90(72)74-51-63(83-88-81(57-33-17-5-18-34-57)87-82(89-83)58-35-19-6-20-36-58)52-75-76(74)84(70)71-50-62(56-31-15-4-16-32-56)48-69-78(86-65-39-23-8-24-40-65)67-46-60(54-27-11-2-12-28-54)42-44-73(67)91(75)80(69)71/h1-52H/b85-77-,86-78-. The average Bonchev–Trinajstić information content (AvgIpc) is 0.811. The highest BCUT2D eigenvalue weighted by Crippen LogP contribution is 2.40. The lowest BCUT2D eigenvalue weighted by Crippen LogP contribution is -2.60. The second kappa shape index (κ2) is 21.3. The van der Waals surface area contributed by atoms with Crippen LogP contribution in [0.15, 0.2) is 325 Å². The Morgan fingerprint density at radius 2 is 0.560 bits per heavy atom. The molecule has 0 aliphatic carbocycles. The summed E-state index contributed by atoms with van der Waals surface area (Å²) >= 11 is 0. The van der Waals surface area contributed by atoms with E-state index < -0.39 is 0 Å². The Bertz CT molecular complexity index is 5380. The number of rotatable bonds is 9. The van der Waals surface area contributed by atoms with Gasteiger partial charge in [-0.15, -0.1) is 0 Å². The third kappa shape index (κ3) is 8.79. The summed E-state index contributed by atoms with van der Waals surface area (Å²) in [6.07, 6.45) is 0. The van der Waals surface area contributed by atoms with E-state index in [4.69, 9.17) is 24.9 Å². The Balaban J connectivity index is 1.07. The van der Waals surface area contributed by atoms with Gasteiger partial charge in [-0.25, -0.2) is 24.9 Å². The van der Waals surface area contributed by atoms with Crippen LogP contribution < -0.4 is 27.1 Å². The van der Waals surface area contributed by atoms with Gasteiger partial charge in [0.05, 0.1) is 44.2 Å². The molecule has 7 nitrogen and oxygen atoms in total. The van der Waals surface area contributed by atoms with Gasteiger partial charge >= 0.3 is 0 Å². The minimum absolute atomic E-state index is 0.314. The fraction of sp³-hybridized carbons (Fsp3) is 0. The van der Waals surface area contributed by atoms with Gasteiger partial charge in [0.2, 0.25) is 0 Å². The van der Waals surface area contributed by atoms with Gasteiger partial charge in [0.15, 0.2) is 17.5 Å². The van der Waals surface area contributed by atoms with Crippen LogP contribution in [0.25, 0.3) is 134 Å². The van der Waals surface area contributed by atoms with Crippen LogP contribution in [0.3, 0.4) is 0 Å². The minimum Gasteiger partial charge on any atom is -0.310 e. The first-order valence-corrected chi connectivity index (χ1v) is 30.9. The van der Waals surface area contributed by atoms with Crippen molar-refractivity contribution in [3.63, 3.8) is 0 Å². The van der Waals surface area contributed by atoms with E-state index in [9.17, 15) is 0 Å². The SMILES string of the molecule is c1ccc(/N=c2/c3cc(-c4ccccc4)ccc3n3c4c(cc(-c5ccccc5)cc24)B2c4c-3cc(-c3nc(-c5ccccc5)nc(-c5ccccc5)n3)cc4-n3c4ccc(-c5ccccc5)cc4/c(=N/c4ccccc4)c4cc(-c5ccccc5)cc2c43)cc1. The predicted molar refractivity (Wildman–Crippen MR) is 375 cm³/mol. The lowest BCUT2D eigenvalue weighted by atomic mass is 9.33. The van der Waals surface area contributed by atoms with Crippen molar-refractivity contribution in [2.75, 3.05) is 0 Å². The van der Waals surface area contributed by atoms with Crippen molar-refractivity contribution < 1.29 is 0 Å². The summed E-state index contributed by atoms with van der Waals surface area (Å²) in [4.78, 5) is 27.8. The number of hydrogen-bond acceptors (Lipinski definition) is 5. The average molecular weight is 1160 g/mol. The molecule has 91 heavy (non-hydrogen) atoms. The van der Waals surface area contributed by atoms with Crippen molar-refractivity contribution in [3.8, 4) is 90.0 Å². The molecule has 13 aromatic carbocycles. The first-order valence-electron chi connectivity index (χ1n) is 30.9. The monoisotopic (exact) mass is 1160 g/mol. The first-order chi connectivity index (χ1) is 45.1. The summed E-state index contributed by atoms with van der Waals surface area (Å²) in [5.41, 5.74) is 23.1. The Morgan fingerprint density at radius 3 is 0.923 bits per heavy atom. The fourth-order valence-corrected chi connectivity index (χ4v) is 14.0. The Labute approximate surface area is 525 Å². The topological polar surface area (TPSA) is 73.2 Å². The first kappa shape index (κ1) is 52.0. The molecule has 16 aromatic rings. The molecule has 0 unspecified atom stereocenters. The largest absolute Gasteiger partial charge is 0.310 e. The highest BCUT2D eigenvalue weighted by Gasteiger charge is 2.42. The van der Waals surface area contributed by atoms with Crippen molar-refractivity contribution in [2.45, 2.75) is 0 Å². The quantitative estimate of drug-likeness (QED) is 0.107. The summed E-state index contributed by atoms with van der Waals surface area (Å²) in [7, 11) is 0. The molecular formula is C83H52BN7. The van der Waals surface area contributed by atoms with E-state index in [1.807, 2.05) is 36.4 Å². The fourth-order valence-electron chi connectivity index (χ4n) is 14.0. The molecule has 0 amide bonds. The number of nitrogens with zero attached hydrogens (tertiary/aromatic N) is 7. The van der Waals surface area contributed by atoms with Crippen LogP contribution in [0.5, 0.6) is 0 Å². The van der Waals surface area contributed by atoms with Gasteiger partial charge in [-0.05, 0) is 134 Å². The van der Waals surface area contributed by atoms with Gasteiger partial charge in [-0.3, -0.25) is 0 Å². The molecule has 0 bridgehead atoms. The van der Waals surface area contributed by atoms with Gasteiger partial charge in [-0.2, -0.15) is 0 Å². The predicted octanol–water partition coefficient (Wildman–Crippen LogP) is 17.3. The van der Waals surface area contributed by atoms with Crippen molar-refractivity contribution in [3.05, 3.63) is 326 Å². The highest BCUT2D eigenvalue weighted by atomic mass is 15.1. The Morgan fingerprint density at radius 1 is 0.253 bits per heavy atom. The summed E-state index contributed by atoms with van der Waals surface area (Å²) in [5, 5.41) is 5.92. The van der Waals surface area contributed by atoms with Crippen LogP contribution >= 0.6 is 0 Å². The number of fused-ring (bicyclic) bond motifs is 8. The van der Waals surface area contributed by atoms with Gasteiger partial charge in [-0.1, -0.05) is 243 Å². The summed E-state index contributed by atoms with van der Waals surface area (Å²) in [5.74, 6) is 1.74. The van der Waals surface area contributed by atoms with E-state index in [0.717, 1.165) is 138 Å². The van der Waals surface area contributed by atoms with Gasteiger partial charge in [0, 0.05) is 49.6 Å². The molecule has 8 heteroatoms. The van der Waals surface area contributed by atoms with Gasteiger partial charge in [0.25, 0.3) is 6.71 Å². The van der Waals surface area contributed by atoms with Crippen molar-refractivity contribution >= 4 is 78.1 Å². The molecule has 0 radical (unpaired) electrons. The highest BCUT2D eigenvalue weighted by molar-refractivity contribution is 7.00. The molecule has 0 spiro atoms. The third-order valence-electron chi connectivity index (χ3n) is 18.1. The molecule has 2 aliphatic rings. The summed E-state index contributed by atoms with van der Waals surface area (Å²) in [6.45, 7) is -0.314. The van der Waals surface area contributed by atoms with Crippen LogP contribution in [-0.2, 0) is 0 Å². The molecule has 0 saturated carbocycles. The molecule has 5 heterocycles. The second-order valence-electron chi connectivity index (χ2n) is 23.5. The van der Waals surface area contributed by atoms with Crippen molar-refractivity contribution in [2.24, 2.45) is 9.98 Å². The number of pyridine rings is 2. The molecule has 3 aromatic heterocycles. The minimum atomic E-state index is -0.314. The maximum Gasteiger partial charge on any atom is 0.252 e. The zero-order chi connectivity index (χ0) is 59.9. The molecule has 0 N–H and O–H groups in total. The van der Waals surface area contributed by atoms with Crippen LogP contribution in [0, 0.1) is 0 Å². The molecule has 0 fully saturated rings. The van der Waals surface area contributed by atoms with Gasteiger partial charge in [0.1, 0.15) is 0 Å². The normalized spacial score (nSPS) is 12.5. The maximum atomic E-state index is 5.77. The molecule has 0 saturated heterocycles. The lowest BCUT2D eigenvalue weighted by molar-refractivity contribution is 1.07. The van der Waals surface area contributed by atoms with Crippen LogP contribution in [0.2, 0.25) is 0 Å². The molecular weight excluding hydrogens is 1110 g/mol. The smallest absolute Gasteiger partial charge is 0.252 e. The third-order valence-corrected chi connectivity index (χ3v) is 18.1. The maximum absolute atomic E-state index is 5.77. The Hall–Kier alpha value is -12.1. The zero-order valence-electron chi connectivity index (χ0n) is 49.2. The summed E-state index contributed by atoms with van der Waals surface area (Å²) < 4.78 is 5.09.